The zero-order valence-electron chi connectivity index (χ0n) is 19.5. The molecule has 0 aliphatic heterocycles. The van der Waals surface area contributed by atoms with Crippen LogP contribution in [0.25, 0.3) is 0 Å². The van der Waals surface area contributed by atoms with Crippen LogP contribution in [0, 0.1) is 18.3 Å². The summed E-state index contributed by atoms with van der Waals surface area (Å²) in [6, 6.07) is 6.50. The SMILES string of the molecule is CCCCNC(=O)C(c1ccccc1C)N(CC#N)C(=O)C(CO)NC(=O)OC(C)(C)C. The number of rotatable bonds is 10. The number of nitriles is 1. The van der Waals surface area contributed by atoms with Gasteiger partial charge in [0.15, 0.2) is 0 Å². The second kappa shape index (κ2) is 12.7. The van der Waals surface area contributed by atoms with E-state index < -0.39 is 48.7 Å². The Hall–Kier alpha value is -3.12. The van der Waals surface area contributed by atoms with Crippen LogP contribution in [0.15, 0.2) is 24.3 Å². The molecule has 9 nitrogen and oxygen atoms in total. The van der Waals surface area contributed by atoms with Gasteiger partial charge in [-0.3, -0.25) is 9.59 Å². The number of amides is 3. The van der Waals surface area contributed by atoms with Gasteiger partial charge in [0.2, 0.25) is 11.8 Å². The van der Waals surface area contributed by atoms with Crippen LogP contribution in [0.1, 0.15) is 57.7 Å². The van der Waals surface area contributed by atoms with Gasteiger partial charge in [-0.15, -0.1) is 0 Å². The van der Waals surface area contributed by atoms with Crippen LogP contribution in [-0.4, -0.2) is 59.3 Å². The molecule has 3 amide bonds. The number of hydrogen-bond acceptors (Lipinski definition) is 6. The molecule has 0 heterocycles. The molecule has 0 bridgehead atoms. The average Bonchev–Trinajstić information content (AvgIpc) is 2.71. The molecule has 2 atom stereocenters. The third-order valence-corrected chi connectivity index (χ3v) is 4.57. The number of carbonyl (C=O) groups is 3. The number of alkyl carbamates (subject to hydrolysis) is 1. The fraction of sp³-hybridized carbons (Fsp3) is 0.565. The van der Waals surface area contributed by atoms with Gasteiger partial charge >= 0.3 is 6.09 Å². The van der Waals surface area contributed by atoms with Crippen molar-refractivity contribution in [3.63, 3.8) is 0 Å². The predicted molar refractivity (Wildman–Crippen MR) is 119 cm³/mol. The molecule has 0 aliphatic rings. The molecule has 1 aromatic rings. The number of nitrogens with one attached hydrogen (secondary N) is 2. The minimum atomic E-state index is -1.38. The minimum Gasteiger partial charge on any atom is -0.444 e. The van der Waals surface area contributed by atoms with E-state index in [4.69, 9.17) is 4.74 Å². The Morgan fingerprint density at radius 3 is 2.44 bits per heavy atom. The number of unbranched alkanes of at least 4 members (excludes halogenated alkanes) is 1. The van der Waals surface area contributed by atoms with E-state index in [1.165, 1.54) is 0 Å². The number of nitrogens with zero attached hydrogens (tertiary/aromatic N) is 2. The first-order valence-corrected chi connectivity index (χ1v) is 10.7. The van der Waals surface area contributed by atoms with Crippen molar-refractivity contribution < 1.29 is 24.2 Å². The van der Waals surface area contributed by atoms with E-state index in [-0.39, 0.29) is 0 Å². The fourth-order valence-corrected chi connectivity index (χ4v) is 3.04. The van der Waals surface area contributed by atoms with Gasteiger partial charge in [0, 0.05) is 6.54 Å². The largest absolute Gasteiger partial charge is 0.444 e. The lowest BCUT2D eigenvalue weighted by Crippen LogP contribution is -2.54. The topological polar surface area (TPSA) is 132 Å². The fourth-order valence-electron chi connectivity index (χ4n) is 3.04. The number of benzene rings is 1. The molecule has 9 heteroatoms. The zero-order valence-corrected chi connectivity index (χ0v) is 19.5. The number of carbonyl (C=O) groups excluding carboxylic acids is 3. The maximum Gasteiger partial charge on any atom is 0.408 e. The molecule has 0 radical (unpaired) electrons. The summed E-state index contributed by atoms with van der Waals surface area (Å²) in [7, 11) is 0. The lowest BCUT2D eigenvalue weighted by atomic mass is 9.98. The van der Waals surface area contributed by atoms with E-state index >= 15 is 0 Å². The maximum atomic E-state index is 13.3. The molecular weight excluding hydrogens is 412 g/mol. The van der Waals surface area contributed by atoms with Crippen LogP contribution in [0.3, 0.4) is 0 Å². The normalized spacial score (nSPS) is 12.8. The second-order valence-electron chi connectivity index (χ2n) is 8.41. The molecule has 0 spiro atoms. The Balaban J connectivity index is 3.29. The van der Waals surface area contributed by atoms with Crippen molar-refractivity contribution in [1.29, 1.82) is 5.26 Å². The molecule has 1 aromatic carbocycles. The maximum absolute atomic E-state index is 13.3. The van der Waals surface area contributed by atoms with Gasteiger partial charge in [-0.25, -0.2) is 4.79 Å². The first-order chi connectivity index (χ1) is 15.1. The summed E-state index contributed by atoms with van der Waals surface area (Å²) in [5, 5.41) is 24.3. The smallest absolute Gasteiger partial charge is 0.408 e. The van der Waals surface area contributed by atoms with E-state index in [1.807, 2.05) is 19.1 Å². The first kappa shape index (κ1) is 26.9. The van der Waals surface area contributed by atoms with Gasteiger partial charge in [0.1, 0.15) is 24.2 Å². The lowest BCUT2D eigenvalue weighted by molar-refractivity contribution is -0.142. The van der Waals surface area contributed by atoms with Gasteiger partial charge in [-0.05, 0) is 45.2 Å². The van der Waals surface area contributed by atoms with E-state index in [0.29, 0.717) is 12.1 Å². The molecule has 32 heavy (non-hydrogen) atoms. The van der Waals surface area contributed by atoms with E-state index in [0.717, 1.165) is 23.3 Å². The first-order valence-electron chi connectivity index (χ1n) is 10.7. The molecule has 0 saturated heterocycles. The highest BCUT2D eigenvalue weighted by atomic mass is 16.6. The molecule has 0 fully saturated rings. The summed E-state index contributed by atoms with van der Waals surface area (Å²) in [4.78, 5) is 39.6. The van der Waals surface area contributed by atoms with E-state index in [1.54, 1.807) is 45.9 Å². The van der Waals surface area contributed by atoms with E-state index in [2.05, 4.69) is 10.6 Å². The molecule has 1 rings (SSSR count). The van der Waals surface area contributed by atoms with Crippen LogP contribution in [0.4, 0.5) is 4.79 Å². The number of aryl methyl sites for hydroxylation is 1. The van der Waals surface area contributed by atoms with Gasteiger partial charge in [0.05, 0.1) is 12.7 Å². The summed E-state index contributed by atoms with van der Waals surface area (Å²) >= 11 is 0. The highest BCUT2D eigenvalue weighted by molar-refractivity contribution is 5.92. The summed E-state index contributed by atoms with van der Waals surface area (Å²) < 4.78 is 5.16. The molecule has 0 aliphatic carbocycles. The quantitative estimate of drug-likeness (QED) is 0.373. The van der Waals surface area contributed by atoms with Gasteiger partial charge in [-0.2, -0.15) is 5.26 Å². The van der Waals surface area contributed by atoms with Crippen LogP contribution >= 0.6 is 0 Å². The minimum absolute atomic E-state index is 0.411. The standard InChI is InChI=1S/C23H34N4O5/c1-6-7-13-25-20(29)19(17-11-9-8-10-16(17)2)27(14-12-24)21(30)18(15-28)26-22(31)32-23(3,4)5/h8-11,18-19,28H,6-7,13-15H2,1-5H3,(H,25,29)(H,26,31). The van der Waals surface area contributed by atoms with Gasteiger partial charge in [-0.1, -0.05) is 37.6 Å². The van der Waals surface area contributed by atoms with Crippen molar-refractivity contribution in [3.05, 3.63) is 35.4 Å². The van der Waals surface area contributed by atoms with Gasteiger partial charge in [0.25, 0.3) is 0 Å². The highest BCUT2D eigenvalue weighted by Crippen LogP contribution is 2.25. The average molecular weight is 447 g/mol. The lowest BCUT2D eigenvalue weighted by Gasteiger charge is -2.33. The van der Waals surface area contributed by atoms with Crippen molar-refractivity contribution >= 4 is 17.9 Å². The molecular formula is C23H34N4O5. The number of ether oxygens (including phenoxy) is 1. The summed E-state index contributed by atoms with van der Waals surface area (Å²) in [6.45, 7) is 8.08. The van der Waals surface area contributed by atoms with Gasteiger partial charge < -0.3 is 25.4 Å². The number of aliphatic hydroxyl groups is 1. The van der Waals surface area contributed by atoms with Crippen molar-refractivity contribution in [1.82, 2.24) is 15.5 Å². The number of aliphatic hydroxyl groups excluding tert-OH is 1. The van der Waals surface area contributed by atoms with E-state index in [9.17, 15) is 24.8 Å². The Labute approximate surface area is 189 Å². The number of hydrogen-bond donors (Lipinski definition) is 3. The third-order valence-electron chi connectivity index (χ3n) is 4.57. The predicted octanol–water partition coefficient (Wildman–Crippen LogP) is 2.19. The Bertz CT molecular complexity index is 828. The molecule has 2 unspecified atom stereocenters. The van der Waals surface area contributed by atoms with Crippen molar-refractivity contribution in [2.45, 2.75) is 65.1 Å². The second-order valence-corrected chi connectivity index (χ2v) is 8.41. The van der Waals surface area contributed by atoms with Crippen molar-refractivity contribution in [2.75, 3.05) is 19.7 Å². The van der Waals surface area contributed by atoms with Crippen molar-refractivity contribution in [3.8, 4) is 6.07 Å². The van der Waals surface area contributed by atoms with Crippen LogP contribution in [0.5, 0.6) is 0 Å². The summed E-state index contributed by atoms with van der Waals surface area (Å²) in [5.41, 5.74) is 0.515. The Kier molecular flexibility index (Phi) is 10.7. The van der Waals surface area contributed by atoms with Crippen LogP contribution in [0.2, 0.25) is 0 Å². The molecule has 3 N–H and O–H groups in total. The highest BCUT2D eigenvalue weighted by Gasteiger charge is 2.36. The molecule has 0 saturated carbocycles. The third kappa shape index (κ3) is 8.19. The summed E-state index contributed by atoms with van der Waals surface area (Å²) in [5.74, 6) is -1.20. The van der Waals surface area contributed by atoms with Crippen molar-refractivity contribution in [2.24, 2.45) is 0 Å². The monoisotopic (exact) mass is 446 g/mol. The summed E-state index contributed by atoms with van der Waals surface area (Å²) in [6.07, 6.45) is 0.752. The Morgan fingerprint density at radius 2 is 1.91 bits per heavy atom. The molecule has 176 valence electrons. The zero-order chi connectivity index (χ0) is 24.3. The molecule has 0 aromatic heterocycles. The van der Waals surface area contributed by atoms with Crippen LogP contribution < -0.4 is 10.6 Å². The Morgan fingerprint density at radius 1 is 1.25 bits per heavy atom. The van der Waals surface area contributed by atoms with Crippen LogP contribution in [-0.2, 0) is 14.3 Å².